The molecule has 0 amide bonds. The number of aromatic amines is 1. The number of nitrogens with one attached hydrogen (secondary N) is 1. The Bertz CT molecular complexity index is 5330. The molecule has 0 aliphatic rings. The van der Waals surface area contributed by atoms with E-state index in [0.29, 0.717) is 91.7 Å². The molecule has 0 aliphatic heterocycles. The molecule has 3 aromatic heterocycles. The van der Waals surface area contributed by atoms with Crippen LogP contribution in [0.25, 0.3) is 32.3 Å². The normalized spacial score (nSPS) is 10.7. The maximum atomic E-state index is 12.4. The first-order chi connectivity index (χ1) is 57.5. The van der Waals surface area contributed by atoms with Crippen LogP contribution < -0.4 is 85.1 Å². The van der Waals surface area contributed by atoms with E-state index in [9.17, 15) is 93.5 Å². The van der Waals surface area contributed by atoms with Crippen LogP contribution in [0.2, 0.25) is 0 Å². The van der Waals surface area contributed by atoms with Gasteiger partial charge in [0.25, 0.3) is 0 Å². The molecule has 35 nitrogen and oxygen atoms in total. The molecule has 9 rings (SSSR count). The van der Waals surface area contributed by atoms with Crippen molar-refractivity contribution in [2.75, 3.05) is 102 Å². The maximum absolute atomic E-state index is 12.4. The Morgan fingerprint density at radius 1 is 0.484 bits per heavy atom. The smallest absolute Gasteiger partial charge is 0.493 e. The van der Waals surface area contributed by atoms with Gasteiger partial charge in [0.05, 0.1) is 108 Å². The van der Waals surface area contributed by atoms with Gasteiger partial charge in [0, 0.05) is 60.5 Å². The molecule has 48 heteroatoms. The lowest BCUT2D eigenvalue weighted by Crippen LogP contribution is -2.68. The van der Waals surface area contributed by atoms with Crippen LogP contribution in [0.1, 0.15) is 92.6 Å². The van der Waals surface area contributed by atoms with E-state index in [0.717, 1.165) is 57.1 Å². The van der Waals surface area contributed by atoms with E-state index in [1.165, 1.54) is 82.0 Å². The summed E-state index contributed by atoms with van der Waals surface area (Å²) in [7, 11) is -7.67. The minimum atomic E-state index is -6.81. The highest BCUT2D eigenvalue weighted by molar-refractivity contribution is 8.11. The van der Waals surface area contributed by atoms with Gasteiger partial charge in [-0.15, -0.1) is 14.0 Å². The minimum absolute atomic E-state index is 0. The zero-order valence-corrected chi connectivity index (χ0v) is 72.9. The molecule has 0 saturated heterocycles. The van der Waals surface area contributed by atoms with Crippen molar-refractivity contribution in [2.45, 2.75) is 114 Å². The number of halogens is 10. The lowest BCUT2D eigenvalue weighted by Gasteiger charge is -2.25. The molecule has 0 atom stereocenters. The number of hydrogen-bond acceptors (Lipinski definition) is 31. The number of anilines is 1. The number of aromatic nitrogens is 2. The van der Waals surface area contributed by atoms with Gasteiger partial charge in [0.2, 0.25) is 17.2 Å². The Morgan fingerprint density at radius 2 is 0.828 bits per heavy atom. The predicted octanol–water partition coefficient (Wildman–Crippen LogP) is 10.6. The number of aliphatic carboxylic acids is 1. The number of carbonyl (C=O) groups is 4. The summed E-state index contributed by atoms with van der Waals surface area (Å²) in [6.07, 6.45) is 0.219. The Balaban J connectivity index is -0.000000692. The van der Waals surface area contributed by atoms with Crippen molar-refractivity contribution < 1.29 is 188 Å². The number of benzene rings is 6. The van der Waals surface area contributed by atoms with Crippen LogP contribution in [0.5, 0.6) is 63.4 Å². The molecule has 0 radical (unpaired) electrons. The second kappa shape index (κ2) is 55.7. The number of nitrogens with zero attached hydrogens (tertiary/aromatic N) is 3. The summed E-state index contributed by atoms with van der Waals surface area (Å²) in [4.78, 5) is 70.7. The number of esters is 3. The summed E-state index contributed by atoms with van der Waals surface area (Å²) < 4.78 is 280. The van der Waals surface area contributed by atoms with Gasteiger partial charge in [-0.3, -0.25) is 28.4 Å². The zero-order valence-electron chi connectivity index (χ0n) is 69.7. The molecular weight excluding hydrogens is 1820 g/mol. The van der Waals surface area contributed by atoms with E-state index in [1.54, 1.807) is 116 Å². The fraction of sp³-hybridized carbons (Fsp3) is 0.388. The van der Waals surface area contributed by atoms with Gasteiger partial charge in [-0.25, -0.2) is 23.6 Å². The van der Waals surface area contributed by atoms with Crippen LogP contribution >= 0.6 is 0 Å². The van der Waals surface area contributed by atoms with Gasteiger partial charge in [-0.1, -0.05) is 80.8 Å². The third kappa shape index (κ3) is 38.8. The summed E-state index contributed by atoms with van der Waals surface area (Å²) in [5.74, 6) is 3.37. The van der Waals surface area contributed by atoms with Crippen LogP contribution in [0.15, 0.2) is 131 Å². The van der Waals surface area contributed by atoms with Gasteiger partial charge in [-0.2, -0.15) is 64.8 Å². The SMILES string of the molecule is C.C.C.C.CC(=O)OC(C)=O.CCN(CC)CC.COC(=O)Cc1ccc(OC)c(OC)c1.COc1cc2cc(=O)[nH]c(C)c2cc1OC.COc1cc2cc(=[OH+])oc(C)c2cc1OC.COc1cc2cc(OS(=O)(=O)C(F)(F)F)nc(C)c2cc1OC.COc1ccc(CC(=O)O)cc1OC.O=S(=O)(N(c1ccccc1)S(=O)(=O)C(F)(F)F)C(F)(F)F.[O-][Cl+3]([O-])([O-])[O-]. The molecule has 9 aromatic rings. The first-order valence-electron chi connectivity index (χ1n) is 34.7. The molecular formula is C80H106ClF9N4O31S3. The highest BCUT2D eigenvalue weighted by atomic mass is 35.7. The highest BCUT2D eigenvalue weighted by Crippen LogP contribution is 2.41. The third-order valence-corrected chi connectivity index (χ3v) is 20.1. The summed E-state index contributed by atoms with van der Waals surface area (Å²) >= 11 is 0. The monoisotopic (exact) mass is 1920 g/mol. The number of para-hydroxylation sites is 1. The number of alkyl halides is 9. The van der Waals surface area contributed by atoms with Crippen LogP contribution in [0, 0.1) is 31.0 Å². The van der Waals surface area contributed by atoms with Gasteiger partial charge >= 0.3 is 76.2 Å². The standard InChI is InChI=1S/C13H12F3NO5S.C12H13NO3.C12H12O4.C11H14O4.C10H12O4.C8H5F6NO4S2.C6H15N.C4H6O3.4CH4.ClHO4/c1-7-9-6-11(21-3)10(20-2)4-8(9)5-12(17-7)22-23(18,19)13(14,15)16;1-7-9-6-11(16-3)10(15-2)4-8(9)5-12(14)13-7;1-7-9-6-11(15-3)10(14-2)4-8(9)5-12(13)16-7;1-13-9-5-4-8(6-10(9)14-2)7-11(12)15-3;1-13-8-4-3-7(6-10(11)12)5-9(8)14-2;9-7(10,11)20(16,17)15(6-4-2-1-3-5-6)21(18,19)8(12,13)14;1-4-7(5-2)6-3;1-3(5)7-4(2)6;;;;;2-1(3,4)5/h4-6H,1-3H3;4-6H,1-3H3,(H,13,14);4-6H,1-3H3;4-6H,7H2,1-3H3;3-5H,6H2,1-2H3,(H,11,12);1-5H;4-6H2,1-3H3;1-2H3;4*1H4;(H,2,3,4,5). The highest BCUT2D eigenvalue weighted by Gasteiger charge is 2.62. The largest absolute Gasteiger partial charge is 0.534 e. The summed E-state index contributed by atoms with van der Waals surface area (Å²) in [5, 5.41) is 13.1. The number of hydrogen-bond donors (Lipinski definition) is 2. The van der Waals surface area contributed by atoms with Crippen molar-refractivity contribution in [3.63, 3.8) is 0 Å². The lowest BCUT2D eigenvalue weighted by atomic mass is 10.1. The number of carboxylic acid groups (broad SMARTS) is 1. The van der Waals surface area contributed by atoms with Crippen molar-refractivity contribution in [3.05, 3.63) is 166 Å². The van der Waals surface area contributed by atoms with E-state index in [2.05, 4.69) is 49.3 Å². The molecule has 128 heavy (non-hydrogen) atoms. The Morgan fingerprint density at radius 3 is 1.16 bits per heavy atom. The van der Waals surface area contributed by atoms with E-state index in [4.69, 9.17) is 75.5 Å². The molecule has 3 heterocycles. The topological polar surface area (TPSA) is 490 Å². The van der Waals surface area contributed by atoms with Gasteiger partial charge in [-0.05, 0) is 128 Å². The van der Waals surface area contributed by atoms with Crippen LogP contribution in [-0.4, -0.2) is 188 Å². The average Bonchev–Trinajstić information content (AvgIpc) is 0.738. The van der Waals surface area contributed by atoms with Crippen LogP contribution in [0.4, 0.5) is 45.2 Å². The molecule has 0 fully saturated rings. The minimum Gasteiger partial charge on any atom is -0.493 e. The number of carbonyl (C=O) groups excluding carboxylic acids is 3. The third-order valence-electron chi connectivity index (χ3n) is 15.5. The lowest BCUT2D eigenvalue weighted by molar-refractivity contribution is -2.00. The number of methoxy groups -OCH3 is 11. The van der Waals surface area contributed by atoms with Gasteiger partial charge in [0.1, 0.15) is 0 Å². The van der Waals surface area contributed by atoms with Crippen molar-refractivity contribution >= 4 is 92.0 Å². The summed E-state index contributed by atoms with van der Waals surface area (Å²) in [5.41, 5.74) is -16.9. The van der Waals surface area contributed by atoms with Crippen molar-refractivity contribution in [2.24, 2.45) is 0 Å². The molecule has 0 bridgehead atoms. The number of H-pyrrole nitrogens is 1. The molecule has 0 unspecified atom stereocenters. The number of rotatable bonds is 22. The fourth-order valence-corrected chi connectivity index (χ4v) is 12.9. The maximum Gasteiger partial charge on any atom is 0.534 e. The van der Waals surface area contributed by atoms with Crippen molar-refractivity contribution in [1.29, 1.82) is 0 Å². The van der Waals surface area contributed by atoms with Gasteiger partial charge in [0.15, 0.2) is 57.5 Å². The average molecular weight is 1920 g/mol. The number of aryl methyl sites for hydroxylation is 3. The summed E-state index contributed by atoms with van der Waals surface area (Å²) in [6, 6.07) is 28.8. The molecule has 3 N–H and O–H groups in total. The number of carboxylic acids is 1. The summed E-state index contributed by atoms with van der Waals surface area (Å²) in [6.45, 7) is 17.6. The van der Waals surface area contributed by atoms with E-state index in [1.807, 2.05) is 19.1 Å². The van der Waals surface area contributed by atoms with E-state index < -0.39 is 90.1 Å². The van der Waals surface area contributed by atoms with Crippen molar-refractivity contribution in [3.8, 4) is 63.4 Å². The molecule has 0 saturated carbocycles. The molecule has 0 aliphatic carbocycles. The van der Waals surface area contributed by atoms with E-state index in [-0.39, 0.29) is 65.4 Å². The van der Waals surface area contributed by atoms with Crippen LogP contribution in [0.3, 0.4) is 0 Å². The Hall–Kier alpha value is -11.9. The molecule has 720 valence electrons. The molecule has 0 spiro atoms. The number of fused-ring (bicyclic) bond motifs is 3. The Kier molecular flexibility index (Phi) is 53.3. The predicted molar refractivity (Wildman–Crippen MR) is 445 cm³/mol. The number of ether oxygens (including phenoxy) is 12. The fourth-order valence-electron chi connectivity index (χ4n) is 9.79. The molecule has 6 aromatic carbocycles. The number of sulfonamides is 2. The van der Waals surface area contributed by atoms with Gasteiger partial charge < -0.3 is 80.8 Å². The second-order valence-corrected chi connectivity index (χ2v) is 29.7. The van der Waals surface area contributed by atoms with Crippen molar-refractivity contribution in [1.82, 2.24) is 14.9 Å². The first kappa shape index (κ1) is 122. The van der Waals surface area contributed by atoms with Crippen LogP contribution in [-0.2, 0) is 71.7 Å². The number of pyridine rings is 2. The Labute approximate surface area is 736 Å². The van der Waals surface area contributed by atoms with E-state index >= 15 is 0 Å². The quantitative estimate of drug-likeness (QED) is 0.0159. The first-order valence-corrected chi connectivity index (χ1v) is 40.2. The zero-order chi connectivity index (χ0) is 95.4. The second-order valence-electron chi connectivity index (χ2n) is 23.7.